The number of benzene rings is 1. The molecule has 0 saturated carbocycles. The maximum Gasteiger partial charge on any atom is 0.407 e. The zero-order valence-corrected chi connectivity index (χ0v) is 26.8. The minimum absolute atomic E-state index is 0.212. The van der Waals surface area contributed by atoms with E-state index in [0.29, 0.717) is 38.5 Å². The van der Waals surface area contributed by atoms with Gasteiger partial charge in [0.05, 0.1) is 37.7 Å². The molecule has 1 amide bonds. The summed E-state index contributed by atoms with van der Waals surface area (Å²) in [6.45, 7) is 9.32. The van der Waals surface area contributed by atoms with Crippen LogP contribution in [0.15, 0.2) is 54.9 Å². The zero-order chi connectivity index (χ0) is 32.2. The quantitative estimate of drug-likeness (QED) is 0.0828. The third-order valence-electron chi connectivity index (χ3n) is 6.88. The first-order valence-electron chi connectivity index (χ1n) is 15.3. The number of anilines is 2. The molecular formula is C33H45N7O5. The van der Waals surface area contributed by atoms with Crippen LogP contribution in [0, 0.1) is 0 Å². The van der Waals surface area contributed by atoms with Gasteiger partial charge < -0.3 is 39.5 Å². The molecule has 0 radical (unpaired) electrons. The minimum Gasteiger partial charge on any atom is -0.494 e. The zero-order valence-electron chi connectivity index (χ0n) is 26.8. The molecule has 0 spiro atoms. The molecule has 2 aromatic rings. The predicted octanol–water partition coefficient (Wildman–Crippen LogP) is 6.24. The Morgan fingerprint density at radius 1 is 1.02 bits per heavy atom. The number of amides is 1. The summed E-state index contributed by atoms with van der Waals surface area (Å²) in [4.78, 5) is 31.1. The van der Waals surface area contributed by atoms with E-state index in [-0.39, 0.29) is 5.97 Å². The van der Waals surface area contributed by atoms with Crippen molar-refractivity contribution in [3.05, 3.63) is 71.8 Å². The van der Waals surface area contributed by atoms with Crippen molar-refractivity contribution in [3.63, 3.8) is 0 Å². The normalized spacial score (nSPS) is 11.2. The molecule has 2 aliphatic heterocycles. The lowest BCUT2D eigenvalue weighted by Gasteiger charge is -2.19. The molecule has 3 heterocycles. The molecule has 0 saturated heterocycles. The van der Waals surface area contributed by atoms with Gasteiger partial charge in [0, 0.05) is 42.8 Å². The van der Waals surface area contributed by atoms with Gasteiger partial charge >= 0.3 is 12.1 Å². The average molecular weight is 620 g/mol. The highest BCUT2D eigenvalue weighted by Gasteiger charge is 2.15. The Labute approximate surface area is 263 Å². The Bertz CT molecular complexity index is 1540. The summed E-state index contributed by atoms with van der Waals surface area (Å²) in [6, 6.07) is 13.9. The number of unbranched alkanes of at least 4 members (excludes halogenated alkanes) is 1. The van der Waals surface area contributed by atoms with E-state index >= 15 is 0 Å². The van der Waals surface area contributed by atoms with Gasteiger partial charge in [-0.05, 0) is 88.1 Å². The van der Waals surface area contributed by atoms with Crippen LogP contribution in [0.5, 0.6) is 5.75 Å². The molecule has 1 aromatic carbocycles. The van der Waals surface area contributed by atoms with E-state index in [1.807, 2.05) is 57.2 Å². The smallest absolute Gasteiger partial charge is 0.407 e. The second kappa shape index (κ2) is 15.7. The summed E-state index contributed by atoms with van der Waals surface area (Å²) < 4.78 is 18.0. The highest BCUT2D eigenvalue weighted by Crippen LogP contribution is 2.22. The molecule has 12 nitrogen and oxygen atoms in total. The molecule has 2 aliphatic rings. The number of aromatic nitrogens is 5. The number of nitrogens with one attached hydrogen (secondary N) is 5. The lowest BCUT2D eigenvalue weighted by Crippen LogP contribution is -2.33. The SMILES string of the molecule is CCc1cc(Cc2ccc3[nH]c(Nc4ccc(OCCCCNC(=O)OC(C)(C)C)cc4)ncc-3[nH][nH]2)cn1CCC(=O)OC. The van der Waals surface area contributed by atoms with E-state index in [2.05, 4.69) is 54.6 Å². The van der Waals surface area contributed by atoms with Crippen LogP contribution >= 0.6 is 0 Å². The average Bonchev–Trinajstić information content (AvgIpc) is 3.29. The van der Waals surface area contributed by atoms with E-state index < -0.39 is 11.7 Å². The molecule has 0 atom stereocenters. The van der Waals surface area contributed by atoms with E-state index in [1.54, 1.807) is 6.20 Å². The maximum atomic E-state index is 11.7. The molecule has 0 bridgehead atoms. The molecule has 4 rings (SSSR count). The number of carbonyl (C=O) groups is 2. The molecule has 12 heteroatoms. The number of alkyl carbamates (subject to hydrolysis) is 1. The van der Waals surface area contributed by atoms with Crippen LogP contribution in [-0.2, 0) is 33.7 Å². The number of aryl methyl sites for hydroxylation is 2. The molecule has 0 unspecified atom stereocenters. The van der Waals surface area contributed by atoms with Crippen LogP contribution in [-0.4, -0.2) is 62.7 Å². The maximum absolute atomic E-state index is 11.7. The molecule has 0 aliphatic carbocycles. The number of esters is 1. The monoisotopic (exact) mass is 619 g/mol. The predicted molar refractivity (Wildman–Crippen MR) is 173 cm³/mol. The number of fused-ring (bicyclic) bond motifs is 1. The first kappa shape index (κ1) is 33.0. The van der Waals surface area contributed by atoms with Crippen molar-refractivity contribution in [2.75, 3.05) is 25.6 Å². The molecule has 1 aromatic heterocycles. The Kier molecular flexibility index (Phi) is 11.5. The molecule has 5 N–H and O–H groups in total. The van der Waals surface area contributed by atoms with Gasteiger partial charge in [-0.15, -0.1) is 0 Å². The second-order valence-corrected chi connectivity index (χ2v) is 11.7. The lowest BCUT2D eigenvalue weighted by atomic mass is 10.1. The van der Waals surface area contributed by atoms with Crippen molar-refractivity contribution in [2.45, 2.75) is 71.9 Å². The van der Waals surface area contributed by atoms with Crippen LogP contribution in [0.2, 0.25) is 0 Å². The van der Waals surface area contributed by atoms with Crippen molar-refractivity contribution in [1.82, 2.24) is 30.0 Å². The number of H-pyrrole nitrogens is 3. The summed E-state index contributed by atoms with van der Waals surface area (Å²) in [7, 11) is 1.41. The van der Waals surface area contributed by atoms with Gasteiger partial charge in [0.2, 0.25) is 5.95 Å². The molecular weight excluding hydrogens is 574 g/mol. The van der Waals surface area contributed by atoms with Crippen molar-refractivity contribution in [1.29, 1.82) is 0 Å². The Morgan fingerprint density at radius 2 is 1.82 bits per heavy atom. The summed E-state index contributed by atoms with van der Waals surface area (Å²) in [6.07, 6.45) is 6.99. The van der Waals surface area contributed by atoms with Crippen LogP contribution in [0.1, 0.15) is 63.9 Å². The van der Waals surface area contributed by atoms with Gasteiger partial charge in [0.1, 0.15) is 11.4 Å². The number of aromatic amines is 3. The van der Waals surface area contributed by atoms with Crippen molar-refractivity contribution >= 4 is 23.7 Å². The fraction of sp³-hybridized carbons (Fsp3) is 0.424. The molecule has 242 valence electrons. The number of ether oxygens (including phenoxy) is 3. The van der Waals surface area contributed by atoms with Crippen molar-refractivity contribution in [3.8, 4) is 17.1 Å². The largest absolute Gasteiger partial charge is 0.494 e. The number of rotatable bonds is 14. The van der Waals surface area contributed by atoms with E-state index in [1.165, 1.54) is 12.8 Å². The first-order chi connectivity index (χ1) is 21.6. The van der Waals surface area contributed by atoms with Gasteiger partial charge in [-0.2, -0.15) is 0 Å². The minimum atomic E-state index is -0.500. The number of hydrogen-bond acceptors (Lipinski definition) is 7. The van der Waals surface area contributed by atoms with Crippen LogP contribution < -0.4 is 15.4 Å². The van der Waals surface area contributed by atoms with Gasteiger partial charge in [-0.3, -0.25) is 9.89 Å². The van der Waals surface area contributed by atoms with Crippen molar-refractivity contribution < 1.29 is 23.8 Å². The number of methoxy groups -OCH3 is 1. The second-order valence-electron chi connectivity index (χ2n) is 11.7. The molecule has 45 heavy (non-hydrogen) atoms. The topological polar surface area (TPSA) is 151 Å². The highest BCUT2D eigenvalue weighted by atomic mass is 16.6. The Balaban J connectivity index is 1.28. The summed E-state index contributed by atoms with van der Waals surface area (Å²) >= 11 is 0. The summed E-state index contributed by atoms with van der Waals surface area (Å²) in [5.74, 6) is 1.16. The van der Waals surface area contributed by atoms with Crippen molar-refractivity contribution in [2.24, 2.45) is 0 Å². The number of nitrogens with zero attached hydrogens (tertiary/aromatic N) is 2. The fourth-order valence-electron chi connectivity index (χ4n) is 4.65. The Morgan fingerprint density at radius 3 is 2.56 bits per heavy atom. The third-order valence-corrected chi connectivity index (χ3v) is 6.88. The van der Waals surface area contributed by atoms with E-state index in [4.69, 9.17) is 14.2 Å². The fourth-order valence-corrected chi connectivity index (χ4v) is 4.65. The third kappa shape index (κ3) is 10.7. The van der Waals surface area contributed by atoms with Gasteiger partial charge in [-0.25, -0.2) is 9.78 Å². The van der Waals surface area contributed by atoms with Gasteiger partial charge in [-0.1, -0.05) is 6.92 Å². The van der Waals surface area contributed by atoms with E-state index in [9.17, 15) is 9.59 Å². The number of carbonyl (C=O) groups excluding carboxylic acids is 2. The van der Waals surface area contributed by atoms with Crippen LogP contribution in [0.25, 0.3) is 11.4 Å². The summed E-state index contributed by atoms with van der Waals surface area (Å²) in [5, 5.41) is 12.6. The first-order valence-corrected chi connectivity index (χ1v) is 15.3. The van der Waals surface area contributed by atoms with Crippen LogP contribution in [0.3, 0.4) is 0 Å². The standard InChI is InChI=1S/C33H45N7O5/c1-6-26-20-23(22-40(26)17-15-30(41)43-5)19-25-11-14-28-29(39-38-25)21-35-31(37-28)36-24-9-12-27(13-10-24)44-18-8-7-16-34-32(42)45-33(2,3)4/h9-14,20-22,38-39H,6-8,15-19H2,1-5H3,(H,34,42)(H2,35,36,37). The lowest BCUT2D eigenvalue weighted by molar-refractivity contribution is -0.140. The van der Waals surface area contributed by atoms with Crippen LogP contribution in [0.4, 0.5) is 16.4 Å². The van der Waals surface area contributed by atoms with Gasteiger partial charge in [0.25, 0.3) is 0 Å². The van der Waals surface area contributed by atoms with Gasteiger partial charge in [0.15, 0.2) is 0 Å². The highest BCUT2D eigenvalue weighted by molar-refractivity contribution is 5.69. The molecule has 0 fully saturated rings. The summed E-state index contributed by atoms with van der Waals surface area (Å²) in [5.41, 5.74) is 5.40. The van der Waals surface area contributed by atoms with E-state index in [0.717, 1.165) is 53.3 Å². The number of hydrogen-bond donors (Lipinski definition) is 5. The Hall–Kier alpha value is -4.87.